The normalized spacial score (nSPS) is 14.9. The number of hydrogen-bond acceptors (Lipinski definition) is 7. The van der Waals surface area contributed by atoms with E-state index in [4.69, 9.17) is 21.4 Å². The first-order valence-electron chi connectivity index (χ1n) is 10.3. The minimum atomic E-state index is -0.637. The van der Waals surface area contributed by atoms with E-state index in [-0.39, 0.29) is 22.1 Å². The van der Waals surface area contributed by atoms with Gasteiger partial charge in [-0.1, -0.05) is 0 Å². The number of non-ortho nitro benzene ring substituents is 1. The average Bonchev–Trinajstić information content (AvgIpc) is 3.26. The van der Waals surface area contributed by atoms with E-state index in [2.05, 4.69) is 5.32 Å². The van der Waals surface area contributed by atoms with Crippen molar-refractivity contribution in [1.29, 1.82) is 0 Å². The highest BCUT2D eigenvalue weighted by atomic mass is 32.1. The molecule has 4 rings (SSSR count). The molecule has 2 aromatic carbocycles. The maximum atomic E-state index is 13.2. The molecule has 0 unspecified atom stereocenters. The summed E-state index contributed by atoms with van der Waals surface area (Å²) in [5.41, 5.74) is 1.62. The summed E-state index contributed by atoms with van der Waals surface area (Å²) in [6.45, 7) is 4.11. The van der Waals surface area contributed by atoms with Gasteiger partial charge in [0.25, 0.3) is 17.5 Å². The van der Waals surface area contributed by atoms with Crippen LogP contribution in [0.15, 0.2) is 64.6 Å². The van der Waals surface area contributed by atoms with Crippen molar-refractivity contribution in [2.24, 2.45) is 0 Å². The Morgan fingerprint density at radius 1 is 1.15 bits per heavy atom. The molecule has 172 valence electrons. The van der Waals surface area contributed by atoms with Crippen LogP contribution in [-0.2, 0) is 9.59 Å². The van der Waals surface area contributed by atoms with Gasteiger partial charge in [0.2, 0.25) is 0 Å². The molecule has 1 aliphatic rings. The van der Waals surface area contributed by atoms with Crippen LogP contribution in [-0.4, -0.2) is 28.5 Å². The van der Waals surface area contributed by atoms with Gasteiger partial charge in [0.05, 0.1) is 17.2 Å². The Kier molecular flexibility index (Phi) is 6.24. The number of hydrogen-bond donors (Lipinski definition) is 1. The molecule has 1 fully saturated rings. The largest absolute Gasteiger partial charge is 0.494 e. The molecule has 0 saturated carbocycles. The zero-order valence-electron chi connectivity index (χ0n) is 18.2. The highest BCUT2D eigenvalue weighted by molar-refractivity contribution is 7.80. The second-order valence-electron chi connectivity index (χ2n) is 7.34. The van der Waals surface area contributed by atoms with Crippen LogP contribution in [0.2, 0.25) is 0 Å². The Labute approximate surface area is 199 Å². The third-order valence-electron chi connectivity index (χ3n) is 5.11. The number of aryl methyl sites for hydroxylation is 1. The fraction of sp³-hybridized carbons (Fsp3) is 0.125. The van der Waals surface area contributed by atoms with E-state index in [0.29, 0.717) is 34.9 Å². The molecular weight excluding hydrogens is 458 g/mol. The van der Waals surface area contributed by atoms with Crippen LogP contribution >= 0.6 is 12.2 Å². The summed E-state index contributed by atoms with van der Waals surface area (Å²) in [5, 5.41) is 13.5. The summed E-state index contributed by atoms with van der Waals surface area (Å²) >= 11 is 5.22. The standard InChI is InChI=1S/C24H19N3O6S/c1-3-32-17-7-4-15(5-8-17)26-23(29)20(22(28)25-24(26)34)13-18-9-11-21(33-18)19-10-6-16(27(30)31)12-14(19)2/h4-13H,3H2,1-2H3,(H,25,28,34)/b20-13+. The predicted molar refractivity (Wildman–Crippen MR) is 129 cm³/mol. The van der Waals surface area contributed by atoms with Crippen molar-refractivity contribution in [1.82, 2.24) is 5.32 Å². The Balaban J connectivity index is 1.63. The maximum Gasteiger partial charge on any atom is 0.270 e. The molecule has 3 aromatic rings. The molecule has 2 amide bonds. The summed E-state index contributed by atoms with van der Waals surface area (Å²) in [6.07, 6.45) is 1.34. The number of carbonyl (C=O) groups excluding carboxylic acids is 2. The van der Waals surface area contributed by atoms with Crippen LogP contribution in [0.4, 0.5) is 11.4 Å². The van der Waals surface area contributed by atoms with Crippen LogP contribution < -0.4 is 15.0 Å². The van der Waals surface area contributed by atoms with E-state index < -0.39 is 16.7 Å². The molecule has 0 radical (unpaired) electrons. The lowest BCUT2D eigenvalue weighted by molar-refractivity contribution is -0.384. The fourth-order valence-electron chi connectivity index (χ4n) is 3.51. The van der Waals surface area contributed by atoms with Crippen LogP contribution in [0.1, 0.15) is 18.2 Å². The molecule has 9 nitrogen and oxygen atoms in total. The number of benzene rings is 2. The van der Waals surface area contributed by atoms with E-state index in [1.807, 2.05) is 6.92 Å². The van der Waals surface area contributed by atoms with Crippen molar-refractivity contribution < 1.29 is 23.7 Å². The minimum absolute atomic E-state index is 0.0232. The third-order valence-corrected chi connectivity index (χ3v) is 5.39. The quantitative estimate of drug-likeness (QED) is 0.184. The van der Waals surface area contributed by atoms with E-state index in [1.165, 1.54) is 23.1 Å². The molecule has 10 heteroatoms. The summed E-state index contributed by atoms with van der Waals surface area (Å²) in [6, 6.07) is 14.5. The monoisotopic (exact) mass is 477 g/mol. The Hall–Kier alpha value is -4.31. The van der Waals surface area contributed by atoms with Gasteiger partial charge >= 0.3 is 0 Å². The van der Waals surface area contributed by atoms with Crippen molar-refractivity contribution in [2.45, 2.75) is 13.8 Å². The zero-order chi connectivity index (χ0) is 24.4. The number of thiocarbonyl (C=S) groups is 1. The maximum absolute atomic E-state index is 13.2. The summed E-state index contributed by atoms with van der Waals surface area (Å²) < 4.78 is 11.2. The number of nitro benzene ring substituents is 1. The van der Waals surface area contributed by atoms with Crippen molar-refractivity contribution in [3.8, 4) is 17.1 Å². The average molecular weight is 477 g/mol. The minimum Gasteiger partial charge on any atom is -0.494 e. The first-order chi connectivity index (χ1) is 16.3. The van der Waals surface area contributed by atoms with Crippen LogP contribution in [0.3, 0.4) is 0 Å². The number of carbonyl (C=O) groups is 2. The smallest absolute Gasteiger partial charge is 0.270 e. The molecule has 0 spiro atoms. The number of nitrogens with one attached hydrogen (secondary N) is 1. The number of furan rings is 1. The highest BCUT2D eigenvalue weighted by Crippen LogP contribution is 2.30. The first kappa shape index (κ1) is 22.9. The molecule has 1 aliphatic heterocycles. The lowest BCUT2D eigenvalue weighted by atomic mass is 10.1. The highest BCUT2D eigenvalue weighted by Gasteiger charge is 2.34. The predicted octanol–water partition coefficient (Wildman–Crippen LogP) is 4.39. The van der Waals surface area contributed by atoms with Crippen molar-refractivity contribution >= 4 is 46.6 Å². The topological polar surface area (TPSA) is 115 Å². The number of nitro groups is 1. The van der Waals surface area contributed by atoms with Gasteiger partial charge in [-0.15, -0.1) is 0 Å². The number of nitrogens with zero attached hydrogens (tertiary/aromatic N) is 2. The van der Waals surface area contributed by atoms with Crippen LogP contribution in [0.5, 0.6) is 5.75 Å². The fourth-order valence-corrected chi connectivity index (χ4v) is 3.79. The molecule has 0 atom stereocenters. The Bertz CT molecular complexity index is 1340. The van der Waals surface area contributed by atoms with Gasteiger partial charge in [0.15, 0.2) is 5.11 Å². The Morgan fingerprint density at radius 2 is 1.88 bits per heavy atom. The molecule has 0 aliphatic carbocycles. The summed E-state index contributed by atoms with van der Waals surface area (Å²) in [7, 11) is 0. The lowest BCUT2D eigenvalue weighted by Crippen LogP contribution is -2.54. The molecule has 1 saturated heterocycles. The first-order valence-corrected chi connectivity index (χ1v) is 10.7. The lowest BCUT2D eigenvalue weighted by Gasteiger charge is -2.28. The van der Waals surface area contributed by atoms with Crippen LogP contribution in [0, 0.1) is 17.0 Å². The summed E-state index contributed by atoms with van der Waals surface area (Å²) in [5.74, 6) is 0.127. The van der Waals surface area contributed by atoms with Gasteiger partial charge in [-0.25, -0.2) is 0 Å². The van der Waals surface area contributed by atoms with Gasteiger partial charge in [-0.2, -0.15) is 0 Å². The van der Waals surface area contributed by atoms with E-state index in [0.717, 1.165) is 0 Å². The molecular formula is C24H19N3O6S. The molecule has 1 aromatic heterocycles. The molecule has 34 heavy (non-hydrogen) atoms. The van der Waals surface area contributed by atoms with Gasteiger partial charge in [-0.05, 0) is 80.2 Å². The van der Waals surface area contributed by atoms with Gasteiger partial charge in [0, 0.05) is 17.7 Å². The van der Waals surface area contributed by atoms with Crippen molar-refractivity contribution in [2.75, 3.05) is 11.5 Å². The second kappa shape index (κ2) is 9.28. The van der Waals surface area contributed by atoms with Gasteiger partial charge < -0.3 is 9.15 Å². The van der Waals surface area contributed by atoms with E-state index >= 15 is 0 Å². The van der Waals surface area contributed by atoms with Crippen molar-refractivity contribution in [3.05, 3.63) is 81.6 Å². The molecule has 0 bridgehead atoms. The number of rotatable bonds is 6. The van der Waals surface area contributed by atoms with Crippen molar-refractivity contribution in [3.63, 3.8) is 0 Å². The summed E-state index contributed by atoms with van der Waals surface area (Å²) in [4.78, 5) is 37.4. The molecule has 2 heterocycles. The SMILES string of the molecule is CCOc1ccc(N2C(=O)/C(=C/c3ccc(-c4ccc([N+](=O)[O-])cc4C)o3)C(=O)NC2=S)cc1. The Morgan fingerprint density at radius 3 is 2.53 bits per heavy atom. The zero-order valence-corrected chi connectivity index (χ0v) is 19.0. The number of anilines is 1. The van der Waals surface area contributed by atoms with Gasteiger partial charge in [0.1, 0.15) is 22.8 Å². The van der Waals surface area contributed by atoms with Crippen LogP contribution in [0.25, 0.3) is 17.4 Å². The van der Waals surface area contributed by atoms with Gasteiger partial charge in [-0.3, -0.25) is 29.9 Å². The molecule has 1 N–H and O–H groups in total. The van der Waals surface area contributed by atoms with E-state index in [1.54, 1.807) is 49.4 Å². The number of ether oxygens (including phenoxy) is 1. The number of amides is 2. The third kappa shape index (κ3) is 4.44. The van der Waals surface area contributed by atoms with E-state index in [9.17, 15) is 19.7 Å². The second-order valence-corrected chi connectivity index (χ2v) is 7.73.